The number of carbonyl (C=O) groups is 1. The first-order valence-corrected chi connectivity index (χ1v) is 8.00. The molecule has 0 heterocycles. The van der Waals surface area contributed by atoms with Gasteiger partial charge >= 0.3 is 5.97 Å². The quantitative estimate of drug-likeness (QED) is 0.404. The maximum atomic E-state index is 12.2. The summed E-state index contributed by atoms with van der Waals surface area (Å²) < 4.78 is 11.7. The van der Waals surface area contributed by atoms with Gasteiger partial charge in [0.2, 0.25) is 0 Å². The average Bonchev–Trinajstić information content (AvgIpc) is 2.50. The summed E-state index contributed by atoms with van der Waals surface area (Å²) in [6, 6.07) is 9.77. The van der Waals surface area contributed by atoms with E-state index < -0.39 is 10.9 Å². The Bertz CT molecular complexity index is 771. The monoisotopic (exact) mass is 393 g/mol. The topological polar surface area (TPSA) is 78.7 Å². The fourth-order valence-electron chi connectivity index (χ4n) is 2.00. The van der Waals surface area contributed by atoms with Gasteiger partial charge in [-0.3, -0.25) is 10.1 Å². The van der Waals surface area contributed by atoms with Crippen molar-refractivity contribution in [2.45, 2.75) is 26.9 Å². The van der Waals surface area contributed by atoms with E-state index in [1.165, 1.54) is 12.1 Å². The molecular formula is C17H16BrNO5. The Morgan fingerprint density at radius 2 is 1.83 bits per heavy atom. The van der Waals surface area contributed by atoms with E-state index in [2.05, 4.69) is 15.9 Å². The number of nitrogens with zero attached hydrogens (tertiary/aromatic N) is 1. The largest absolute Gasteiger partial charge is 0.459 e. The molecule has 0 amide bonds. The Hall–Kier alpha value is -2.41. The molecule has 2 aromatic rings. The zero-order valence-electron chi connectivity index (χ0n) is 13.4. The van der Waals surface area contributed by atoms with Crippen LogP contribution in [0.2, 0.25) is 0 Å². The Kier molecular flexibility index (Phi) is 5.56. The van der Waals surface area contributed by atoms with Crippen LogP contribution in [0, 0.1) is 17.0 Å². The second-order valence-corrected chi connectivity index (χ2v) is 6.32. The van der Waals surface area contributed by atoms with Crippen LogP contribution in [0.5, 0.6) is 11.5 Å². The third-order valence-corrected chi connectivity index (χ3v) is 3.62. The van der Waals surface area contributed by atoms with Crippen LogP contribution < -0.4 is 4.74 Å². The van der Waals surface area contributed by atoms with Gasteiger partial charge in [-0.2, -0.15) is 0 Å². The molecule has 0 N–H and O–H groups in total. The number of hydrogen-bond acceptors (Lipinski definition) is 5. The molecule has 2 aromatic carbocycles. The summed E-state index contributed by atoms with van der Waals surface area (Å²) in [5, 5.41) is 11.2. The van der Waals surface area contributed by atoms with E-state index in [9.17, 15) is 14.9 Å². The van der Waals surface area contributed by atoms with Gasteiger partial charge in [-0.15, -0.1) is 0 Å². The Morgan fingerprint density at radius 1 is 1.21 bits per heavy atom. The van der Waals surface area contributed by atoms with Crippen molar-refractivity contribution in [3.05, 3.63) is 62.1 Å². The number of carbonyl (C=O) groups excluding carboxylic acids is 1. The predicted octanol–water partition coefficient (Wildman–Crippen LogP) is 5.02. The lowest BCUT2D eigenvalue weighted by atomic mass is 10.1. The molecule has 7 heteroatoms. The molecule has 0 fully saturated rings. The molecule has 0 aliphatic carbocycles. The van der Waals surface area contributed by atoms with Crippen molar-refractivity contribution in [3.8, 4) is 11.5 Å². The van der Waals surface area contributed by atoms with Gasteiger partial charge in [0.05, 0.1) is 11.0 Å². The van der Waals surface area contributed by atoms with Gasteiger partial charge in [-0.25, -0.2) is 4.79 Å². The maximum absolute atomic E-state index is 12.2. The lowest BCUT2D eigenvalue weighted by Gasteiger charge is -2.12. The summed E-state index contributed by atoms with van der Waals surface area (Å²) in [6.07, 6.45) is -0.380. The van der Waals surface area contributed by atoms with E-state index in [0.29, 0.717) is 17.1 Å². The summed E-state index contributed by atoms with van der Waals surface area (Å²) >= 11 is 3.33. The zero-order chi connectivity index (χ0) is 17.9. The molecule has 0 radical (unpaired) electrons. The number of benzene rings is 2. The number of esters is 1. The summed E-state index contributed by atoms with van der Waals surface area (Å²) in [5.41, 5.74) is 0.110. The number of rotatable bonds is 5. The highest BCUT2D eigenvalue weighted by atomic mass is 79.9. The minimum atomic E-state index is -0.752. The van der Waals surface area contributed by atoms with Crippen molar-refractivity contribution in [1.82, 2.24) is 0 Å². The van der Waals surface area contributed by atoms with E-state index in [-0.39, 0.29) is 17.4 Å². The average molecular weight is 394 g/mol. The number of nitro benzene ring substituents is 1. The van der Waals surface area contributed by atoms with Crippen molar-refractivity contribution in [2.24, 2.45) is 0 Å². The molecule has 0 atom stereocenters. The Morgan fingerprint density at radius 3 is 2.38 bits per heavy atom. The Balaban J connectivity index is 2.43. The van der Waals surface area contributed by atoms with E-state index in [1.54, 1.807) is 32.9 Å². The van der Waals surface area contributed by atoms with Gasteiger partial charge in [0.15, 0.2) is 0 Å². The van der Waals surface area contributed by atoms with Gasteiger partial charge in [-0.05, 0) is 50.6 Å². The molecule has 126 valence electrons. The highest BCUT2D eigenvalue weighted by Gasteiger charge is 2.25. The van der Waals surface area contributed by atoms with Crippen molar-refractivity contribution >= 4 is 27.6 Å². The second-order valence-electron chi connectivity index (χ2n) is 5.40. The van der Waals surface area contributed by atoms with Crippen molar-refractivity contribution in [3.63, 3.8) is 0 Å². The molecule has 0 unspecified atom stereocenters. The van der Waals surface area contributed by atoms with Crippen LogP contribution in [0.3, 0.4) is 0 Å². The molecular weight excluding hydrogens is 378 g/mol. The van der Waals surface area contributed by atoms with E-state index in [4.69, 9.17) is 9.47 Å². The third kappa shape index (κ3) is 4.32. The van der Waals surface area contributed by atoms with Crippen LogP contribution in [-0.4, -0.2) is 17.0 Å². The van der Waals surface area contributed by atoms with Crippen LogP contribution >= 0.6 is 15.9 Å². The molecule has 0 bridgehead atoms. The Labute approximate surface area is 147 Å². The first-order chi connectivity index (χ1) is 11.3. The summed E-state index contributed by atoms with van der Waals surface area (Å²) in [5.74, 6) is 0.161. The fourth-order valence-corrected chi connectivity index (χ4v) is 2.27. The number of nitro groups is 1. The zero-order valence-corrected chi connectivity index (χ0v) is 15.0. The summed E-state index contributed by atoms with van der Waals surface area (Å²) in [7, 11) is 0. The lowest BCUT2D eigenvalue weighted by molar-refractivity contribution is -0.385. The normalized spacial score (nSPS) is 10.5. The smallest absolute Gasteiger partial charge is 0.345 e. The minimum Gasteiger partial charge on any atom is -0.459 e. The van der Waals surface area contributed by atoms with Crippen LogP contribution in [0.25, 0.3) is 0 Å². The van der Waals surface area contributed by atoms with Gasteiger partial charge in [-0.1, -0.05) is 15.9 Å². The highest BCUT2D eigenvalue weighted by Crippen LogP contribution is 2.32. The fraction of sp³-hybridized carbons (Fsp3) is 0.235. The minimum absolute atomic E-state index is 0.133. The maximum Gasteiger partial charge on any atom is 0.345 e. The molecule has 0 spiro atoms. The standard InChI is InChI=1S/C17H16BrNO5/c1-10(2)23-17(20)14-9-16(11(3)8-15(14)19(21)22)24-13-6-4-12(18)5-7-13/h4-10H,1-3H3. The summed E-state index contributed by atoms with van der Waals surface area (Å²) in [6.45, 7) is 5.03. The molecule has 2 rings (SSSR count). The number of ether oxygens (including phenoxy) is 2. The SMILES string of the molecule is Cc1cc([N+](=O)[O-])c(C(=O)OC(C)C)cc1Oc1ccc(Br)cc1. The van der Waals surface area contributed by atoms with Gasteiger partial charge < -0.3 is 9.47 Å². The molecule has 6 nitrogen and oxygen atoms in total. The van der Waals surface area contributed by atoms with Gasteiger partial charge in [0.25, 0.3) is 5.69 Å². The molecule has 0 aromatic heterocycles. The first kappa shape index (κ1) is 17.9. The second kappa shape index (κ2) is 7.44. The van der Waals surface area contributed by atoms with Crippen LogP contribution in [0.1, 0.15) is 29.8 Å². The van der Waals surface area contributed by atoms with E-state index in [0.717, 1.165) is 4.47 Å². The molecule has 0 aliphatic heterocycles. The predicted molar refractivity (Wildman–Crippen MR) is 92.6 cm³/mol. The third-order valence-electron chi connectivity index (χ3n) is 3.09. The molecule has 0 aliphatic rings. The van der Waals surface area contributed by atoms with Crippen LogP contribution in [0.4, 0.5) is 5.69 Å². The lowest BCUT2D eigenvalue weighted by Crippen LogP contribution is -2.13. The molecule has 0 saturated heterocycles. The van der Waals surface area contributed by atoms with Crippen molar-refractivity contribution in [1.29, 1.82) is 0 Å². The van der Waals surface area contributed by atoms with Crippen LogP contribution in [-0.2, 0) is 4.74 Å². The highest BCUT2D eigenvalue weighted by molar-refractivity contribution is 9.10. The first-order valence-electron chi connectivity index (χ1n) is 7.21. The number of hydrogen-bond donors (Lipinski definition) is 0. The molecule has 0 saturated carbocycles. The van der Waals surface area contributed by atoms with E-state index in [1.807, 2.05) is 12.1 Å². The number of aryl methyl sites for hydroxylation is 1. The van der Waals surface area contributed by atoms with Crippen molar-refractivity contribution < 1.29 is 19.2 Å². The summed E-state index contributed by atoms with van der Waals surface area (Å²) in [4.78, 5) is 22.8. The molecule has 24 heavy (non-hydrogen) atoms. The van der Waals surface area contributed by atoms with Crippen LogP contribution in [0.15, 0.2) is 40.9 Å². The van der Waals surface area contributed by atoms with Crippen molar-refractivity contribution in [2.75, 3.05) is 0 Å². The van der Waals surface area contributed by atoms with Gasteiger partial charge in [0, 0.05) is 16.6 Å². The van der Waals surface area contributed by atoms with E-state index >= 15 is 0 Å². The number of halogens is 1. The van der Waals surface area contributed by atoms with Gasteiger partial charge in [0.1, 0.15) is 17.1 Å².